The lowest BCUT2D eigenvalue weighted by Crippen LogP contribution is -2.24. The van der Waals surface area contributed by atoms with Gasteiger partial charge in [-0.15, -0.1) is 0 Å². The smallest absolute Gasteiger partial charge is 0.107 e. The highest BCUT2D eigenvalue weighted by molar-refractivity contribution is 6.31. The van der Waals surface area contributed by atoms with Gasteiger partial charge in [-0.3, -0.25) is 0 Å². The predicted octanol–water partition coefficient (Wildman–Crippen LogP) is 1.78. The molecular formula is C10H9ClN4. The first-order valence-electron chi connectivity index (χ1n) is 4.23. The van der Waals surface area contributed by atoms with E-state index < -0.39 is 0 Å². The van der Waals surface area contributed by atoms with Crippen molar-refractivity contribution in [3.63, 3.8) is 0 Å². The molecule has 0 spiro atoms. The number of nitriles is 2. The standard InChI is InChI=1S/C10H9ClN4/c11-8-1-2-9(14)10(7-8)15(5-3-12)6-4-13/h1-2,7H,5-6,14H2. The third-order valence-electron chi connectivity index (χ3n) is 1.86. The molecule has 0 amide bonds. The van der Waals surface area contributed by atoms with Crippen LogP contribution in [0.2, 0.25) is 5.02 Å². The summed E-state index contributed by atoms with van der Waals surface area (Å²) in [7, 11) is 0. The van der Waals surface area contributed by atoms with Crippen LogP contribution in [0.1, 0.15) is 0 Å². The summed E-state index contributed by atoms with van der Waals surface area (Å²) >= 11 is 5.81. The molecule has 0 bridgehead atoms. The zero-order chi connectivity index (χ0) is 11.3. The molecule has 0 heterocycles. The molecule has 2 N–H and O–H groups in total. The second-order valence-corrected chi connectivity index (χ2v) is 3.31. The van der Waals surface area contributed by atoms with Crippen molar-refractivity contribution in [3.05, 3.63) is 23.2 Å². The van der Waals surface area contributed by atoms with Crippen LogP contribution in [0.15, 0.2) is 18.2 Å². The van der Waals surface area contributed by atoms with E-state index in [-0.39, 0.29) is 13.1 Å². The van der Waals surface area contributed by atoms with Gasteiger partial charge in [0.2, 0.25) is 0 Å². The first-order valence-corrected chi connectivity index (χ1v) is 4.60. The second-order valence-electron chi connectivity index (χ2n) is 2.88. The minimum absolute atomic E-state index is 0.109. The van der Waals surface area contributed by atoms with Crippen molar-refractivity contribution in [2.45, 2.75) is 0 Å². The van der Waals surface area contributed by atoms with E-state index >= 15 is 0 Å². The Labute approximate surface area is 93.1 Å². The number of halogens is 1. The molecular weight excluding hydrogens is 212 g/mol. The van der Waals surface area contributed by atoms with Crippen LogP contribution in [0.4, 0.5) is 11.4 Å². The number of hydrogen-bond acceptors (Lipinski definition) is 4. The van der Waals surface area contributed by atoms with Gasteiger partial charge in [0, 0.05) is 5.02 Å². The van der Waals surface area contributed by atoms with Gasteiger partial charge in [0.25, 0.3) is 0 Å². The lowest BCUT2D eigenvalue weighted by Gasteiger charge is -2.20. The topological polar surface area (TPSA) is 76.8 Å². The molecule has 0 aliphatic rings. The monoisotopic (exact) mass is 220 g/mol. The predicted molar refractivity (Wildman–Crippen MR) is 59.3 cm³/mol. The summed E-state index contributed by atoms with van der Waals surface area (Å²) in [5.74, 6) is 0. The first kappa shape index (κ1) is 11.2. The number of anilines is 2. The van der Waals surface area contributed by atoms with Crippen LogP contribution in [-0.2, 0) is 0 Å². The third-order valence-corrected chi connectivity index (χ3v) is 2.09. The summed E-state index contributed by atoms with van der Waals surface area (Å²) in [6.07, 6.45) is 0. The maximum Gasteiger partial charge on any atom is 0.107 e. The van der Waals surface area contributed by atoms with Crippen molar-refractivity contribution in [2.24, 2.45) is 0 Å². The summed E-state index contributed by atoms with van der Waals surface area (Å²) in [4.78, 5) is 1.57. The molecule has 1 aromatic carbocycles. The Bertz CT molecular complexity index is 414. The van der Waals surface area contributed by atoms with E-state index in [4.69, 9.17) is 27.9 Å². The van der Waals surface area contributed by atoms with Gasteiger partial charge >= 0.3 is 0 Å². The molecule has 0 aliphatic heterocycles. The number of nitrogens with zero attached hydrogens (tertiary/aromatic N) is 3. The zero-order valence-electron chi connectivity index (χ0n) is 7.94. The highest BCUT2D eigenvalue weighted by Crippen LogP contribution is 2.26. The zero-order valence-corrected chi connectivity index (χ0v) is 8.70. The Balaban J connectivity index is 3.06. The molecule has 0 atom stereocenters. The average molecular weight is 221 g/mol. The summed E-state index contributed by atoms with van der Waals surface area (Å²) in [5.41, 5.74) is 6.85. The third kappa shape index (κ3) is 2.77. The van der Waals surface area contributed by atoms with E-state index in [0.29, 0.717) is 16.4 Å². The molecule has 4 nitrogen and oxygen atoms in total. The molecule has 0 aromatic heterocycles. The van der Waals surface area contributed by atoms with Gasteiger partial charge in [-0.05, 0) is 18.2 Å². The minimum atomic E-state index is 0.109. The van der Waals surface area contributed by atoms with Gasteiger partial charge in [-0.1, -0.05) is 11.6 Å². The van der Waals surface area contributed by atoms with Gasteiger partial charge in [0.1, 0.15) is 13.1 Å². The SMILES string of the molecule is N#CCN(CC#N)c1cc(Cl)ccc1N. The Morgan fingerprint density at radius 3 is 2.40 bits per heavy atom. The Hall–Kier alpha value is -1.91. The molecule has 1 aromatic rings. The molecule has 0 saturated heterocycles. The molecule has 5 heteroatoms. The summed E-state index contributed by atoms with van der Waals surface area (Å²) < 4.78 is 0. The number of hydrogen-bond donors (Lipinski definition) is 1. The van der Waals surface area contributed by atoms with E-state index in [1.54, 1.807) is 23.1 Å². The van der Waals surface area contributed by atoms with Crippen LogP contribution >= 0.6 is 11.6 Å². The highest BCUT2D eigenvalue weighted by atomic mass is 35.5. The maximum absolute atomic E-state index is 8.61. The van der Waals surface area contributed by atoms with Crippen LogP contribution < -0.4 is 10.6 Å². The van der Waals surface area contributed by atoms with Crippen molar-refractivity contribution in [2.75, 3.05) is 23.7 Å². The minimum Gasteiger partial charge on any atom is -0.397 e. The fraction of sp³-hybridized carbons (Fsp3) is 0.200. The molecule has 0 fully saturated rings. The summed E-state index contributed by atoms with van der Waals surface area (Å²) in [6.45, 7) is 0.218. The lowest BCUT2D eigenvalue weighted by atomic mass is 10.2. The van der Waals surface area contributed by atoms with Gasteiger partial charge in [0.15, 0.2) is 0 Å². The number of nitrogen functional groups attached to an aromatic ring is 1. The summed E-state index contributed by atoms with van der Waals surface area (Å²) in [5, 5.41) is 17.7. The van der Waals surface area contributed by atoms with Gasteiger partial charge < -0.3 is 10.6 Å². The van der Waals surface area contributed by atoms with E-state index in [1.165, 1.54) is 0 Å². The fourth-order valence-electron chi connectivity index (χ4n) is 1.19. The molecule has 1 rings (SSSR count). The number of rotatable bonds is 3. The Kier molecular flexibility index (Phi) is 3.79. The maximum atomic E-state index is 8.61. The van der Waals surface area contributed by atoms with E-state index in [0.717, 1.165) is 0 Å². The summed E-state index contributed by atoms with van der Waals surface area (Å²) in [6, 6.07) is 8.91. The first-order chi connectivity index (χ1) is 7.19. The van der Waals surface area contributed by atoms with Gasteiger partial charge in [-0.25, -0.2) is 0 Å². The van der Waals surface area contributed by atoms with E-state index in [2.05, 4.69) is 0 Å². The van der Waals surface area contributed by atoms with Crippen molar-refractivity contribution in [3.8, 4) is 12.1 Å². The number of nitrogens with two attached hydrogens (primary N) is 1. The van der Waals surface area contributed by atoms with E-state index in [1.807, 2.05) is 12.1 Å². The molecule has 0 unspecified atom stereocenters. The highest BCUT2D eigenvalue weighted by Gasteiger charge is 2.09. The van der Waals surface area contributed by atoms with Crippen molar-refractivity contribution < 1.29 is 0 Å². The molecule has 76 valence electrons. The van der Waals surface area contributed by atoms with E-state index in [9.17, 15) is 0 Å². The normalized spacial score (nSPS) is 9.00. The lowest BCUT2D eigenvalue weighted by molar-refractivity contribution is 0.968. The molecule has 0 saturated carbocycles. The quantitative estimate of drug-likeness (QED) is 0.622. The van der Waals surface area contributed by atoms with Crippen LogP contribution in [-0.4, -0.2) is 13.1 Å². The molecule has 0 radical (unpaired) electrons. The number of benzene rings is 1. The molecule has 0 aliphatic carbocycles. The van der Waals surface area contributed by atoms with Crippen molar-refractivity contribution in [1.82, 2.24) is 0 Å². The van der Waals surface area contributed by atoms with Crippen LogP contribution in [0, 0.1) is 22.7 Å². The van der Waals surface area contributed by atoms with Crippen LogP contribution in [0.3, 0.4) is 0 Å². The largest absolute Gasteiger partial charge is 0.397 e. The van der Waals surface area contributed by atoms with Crippen molar-refractivity contribution >= 4 is 23.0 Å². The van der Waals surface area contributed by atoms with Crippen LogP contribution in [0.5, 0.6) is 0 Å². The van der Waals surface area contributed by atoms with Gasteiger partial charge in [-0.2, -0.15) is 10.5 Å². The second kappa shape index (κ2) is 5.09. The molecule has 15 heavy (non-hydrogen) atoms. The Morgan fingerprint density at radius 2 is 1.87 bits per heavy atom. The van der Waals surface area contributed by atoms with Crippen molar-refractivity contribution in [1.29, 1.82) is 10.5 Å². The van der Waals surface area contributed by atoms with Gasteiger partial charge in [0.05, 0.1) is 23.5 Å². The fourth-order valence-corrected chi connectivity index (χ4v) is 1.35. The average Bonchev–Trinajstić information content (AvgIpc) is 2.21. The Morgan fingerprint density at radius 1 is 1.27 bits per heavy atom. The van der Waals surface area contributed by atoms with Crippen LogP contribution in [0.25, 0.3) is 0 Å².